The normalized spacial score (nSPS) is 9.84. The van der Waals surface area contributed by atoms with E-state index in [1.807, 2.05) is 0 Å². The van der Waals surface area contributed by atoms with Gasteiger partial charge in [-0.15, -0.1) is 0 Å². The number of halogens is 2. The Balaban J connectivity index is 2.42. The Hall–Kier alpha value is -1.63. The van der Waals surface area contributed by atoms with Crippen LogP contribution in [0.2, 0.25) is 0 Å². The number of benzene rings is 1. The Morgan fingerprint density at radius 3 is 2.63 bits per heavy atom. The second-order valence-electron chi connectivity index (χ2n) is 3.50. The lowest BCUT2D eigenvalue weighted by Crippen LogP contribution is -2.35. The van der Waals surface area contributed by atoms with Crippen molar-refractivity contribution >= 4 is 27.9 Å². The molecule has 0 atom stereocenters. The van der Waals surface area contributed by atoms with E-state index in [0.717, 1.165) is 0 Å². The summed E-state index contributed by atoms with van der Waals surface area (Å²) >= 11 is 3.11. The molecule has 0 spiro atoms. The number of hydrogen-bond donors (Lipinski definition) is 2. The van der Waals surface area contributed by atoms with E-state index in [1.54, 1.807) is 13.0 Å². The standard InChI is InChI=1S/C12H14BrFN2O3/c1-2-19-12(18)16-7-6-15-11(17)10-8(13)4-3-5-9(10)14/h3-5H,2,6-7H2,1H3,(H,15,17)(H,16,18). The average molecular weight is 333 g/mol. The van der Waals surface area contributed by atoms with E-state index in [4.69, 9.17) is 0 Å². The Labute approximate surface area is 118 Å². The molecule has 1 rings (SSSR count). The molecule has 5 nitrogen and oxygen atoms in total. The Morgan fingerprint density at radius 1 is 1.32 bits per heavy atom. The number of carbonyl (C=O) groups is 2. The van der Waals surface area contributed by atoms with Crippen LogP contribution in [0.4, 0.5) is 9.18 Å². The van der Waals surface area contributed by atoms with Gasteiger partial charge in [-0.1, -0.05) is 6.07 Å². The van der Waals surface area contributed by atoms with Crippen molar-refractivity contribution in [1.82, 2.24) is 10.6 Å². The molecule has 0 heterocycles. The van der Waals surface area contributed by atoms with Crippen LogP contribution in [0.25, 0.3) is 0 Å². The summed E-state index contributed by atoms with van der Waals surface area (Å²) in [6.45, 7) is 2.35. The molecular formula is C12H14BrFN2O3. The third kappa shape index (κ3) is 4.86. The molecule has 0 aromatic heterocycles. The minimum Gasteiger partial charge on any atom is -0.450 e. The smallest absolute Gasteiger partial charge is 0.407 e. The first-order valence-corrected chi connectivity index (χ1v) is 6.48. The molecule has 1 aromatic rings. The topological polar surface area (TPSA) is 67.4 Å². The van der Waals surface area contributed by atoms with Gasteiger partial charge in [-0.2, -0.15) is 0 Å². The first kappa shape index (κ1) is 15.4. The summed E-state index contributed by atoms with van der Waals surface area (Å²) in [7, 11) is 0. The van der Waals surface area contributed by atoms with Gasteiger partial charge in [0.15, 0.2) is 0 Å². The molecule has 0 aliphatic heterocycles. The first-order chi connectivity index (χ1) is 9.06. The largest absolute Gasteiger partial charge is 0.450 e. The van der Waals surface area contributed by atoms with Crippen molar-refractivity contribution in [2.75, 3.05) is 19.7 Å². The van der Waals surface area contributed by atoms with Gasteiger partial charge in [-0.05, 0) is 35.0 Å². The molecule has 104 valence electrons. The lowest BCUT2D eigenvalue weighted by Gasteiger charge is -2.08. The average Bonchev–Trinajstić information content (AvgIpc) is 2.35. The van der Waals surface area contributed by atoms with Crippen LogP contribution >= 0.6 is 15.9 Å². The highest BCUT2D eigenvalue weighted by Crippen LogP contribution is 2.19. The molecule has 2 amide bonds. The fourth-order valence-electron chi connectivity index (χ4n) is 1.33. The second kappa shape index (κ2) is 7.73. The molecule has 0 aliphatic rings. The van der Waals surface area contributed by atoms with Gasteiger partial charge >= 0.3 is 6.09 Å². The molecule has 0 saturated carbocycles. The lowest BCUT2D eigenvalue weighted by molar-refractivity contribution is 0.0947. The van der Waals surface area contributed by atoms with Crippen molar-refractivity contribution in [3.05, 3.63) is 34.1 Å². The van der Waals surface area contributed by atoms with Crippen LogP contribution < -0.4 is 10.6 Å². The summed E-state index contributed by atoms with van der Waals surface area (Å²) in [5.74, 6) is -1.15. The van der Waals surface area contributed by atoms with E-state index in [9.17, 15) is 14.0 Å². The lowest BCUT2D eigenvalue weighted by atomic mass is 10.2. The van der Waals surface area contributed by atoms with Crippen LogP contribution in [-0.2, 0) is 4.74 Å². The van der Waals surface area contributed by atoms with Crippen molar-refractivity contribution in [2.45, 2.75) is 6.92 Å². The zero-order valence-electron chi connectivity index (χ0n) is 10.3. The van der Waals surface area contributed by atoms with Crippen molar-refractivity contribution in [3.8, 4) is 0 Å². The number of ether oxygens (including phenoxy) is 1. The number of nitrogens with one attached hydrogen (secondary N) is 2. The molecule has 2 N–H and O–H groups in total. The highest BCUT2D eigenvalue weighted by atomic mass is 79.9. The van der Waals surface area contributed by atoms with Crippen LogP contribution in [0.15, 0.2) is 22.7 Å². The van der Waals surface area contributed by atoms with Gasteiger partial charge in [0.1, 0.15) is 5.82 Å². The zero-order valence-corrected chi connectivity index (χ0v) is 11.9. The van der Waals surface area contributed by atoms with Gasteiger partial charge in [0.25, 0.3) is 5.91 Å². The maximum absolute atomic E-state index is 13.5. The fraction of sp³-hybridized carbons (Fsp3) is 0.333. The van der Waals surface area contributed by atoms with Crippen molar-refractivity contribution in [3.63, 3.8) is 0 Å². The predicted octanol–water partition coefficient (Wildman–Crippen LogP) is 2.06. The molecule has 19 heavy (non-hydrogen) atoms. The monoisotopic (exact) mass is 332 g/mol. The van der Waals surface area contributed by atoms with Gasteiger partial charge in [-0.3, -0.25) is 4.79 Å². The molecule has 0 unspecified atom stereocenters. The van der Waals surface area contributed by atoms with Gasteiger partial charge in [0, 0.05) is 17.6 Å². The van der Waals surface area contributed by atoms with Crippen LogP contribution in [-0.4, -0.2) is 31.7 Å². The number of carbonyl (C=O) groups excluding carboxylic acids is 2. The summed E-state index contributed by atoms with van der Waals surface area (Å²) in [4.78, 5) is 22.7. The minimum absolute atomic E-state index is 0.0568. The zero-order chi connectivity index (χ0) is 14.3. The van der Waals surface area contributed by atoms with E-state index < -0.39 is 17.8 Å². The number of alkyl carbamates (subject to hydrolysis) is 1. The van der Waals surface area contributed by atoms with E-state index in [2.05, 4.69) is 31.3 Å². The Morgan fingerprint density at radius 2 is 2.00 bits per heavy atom. The Kier molecular flexibility index (Phi) is 6.27. The summed E-state index contributed by atoms with van der Waals surface area (Å²) in [6.07, 6.45) is -0.552. The summed E-state index contributed by atoms with van der Waals surface area (Å²) in [5, 5.41) is 4.94. The SMILES string of the molecule is CCOC(=O)NCCNC(=O)c1c(F)cccc1Br. The van der Waals surface area contributed by atoms with E-state index in [0.29, 0.717) is 4.47 Å². The summed E-state index contributed by atoms with van der Waals surface area (Å²) in [6, 6.07) is 4.28. The van der Waals surface area contributed by atoms with Crippen LogP contribution in [0, 0.1) is 5.82 Å². The molecule has 0 fully saturated rings. The predicted molar refractivity (Wildman–Crippen MR) is 71.5 cm³/mol. The maximum Gasteiger partial charge on any atom is 0.407 e. The molecule has 0 aliphatic carbocycles. The van der Waals surface area contributed by atoms with Gasteiger partial charge in [0.05, 0.1) is 12.2 Å². The van der Waals surface area contributed by atoms with Gasteiger partial charge < -0.3 is 15.4 Å². The number of rotatable bonds is 5. The Bertz CT molecular complexity index is 448. The fourth-order valence-corrected chi connectivity index (χ4v) is 1.85. The molecule has 0 bridgehead atoms. The molecule has 0 saturated heterocycles. The molecule has 0 radical (unpaired) electrons. The first-order valence-electron chi connectivity index (χ1n) is 5.69. The highest BCUT2D eigenvalue weighted by molar-refractivity contribution is 9.10. The van der Waals surface area contributed by atoms with Crippen molar-refractivity contribution in [1.29, 1.82) is 0 Å². The van der Waals surface area contributed by atoms with Crippen LogP contribution in [0.1, 0.15) is 17.3 Å². The number of hydrogen-bond acceptors (Lipinski definition) is 3. The van der Waals surface area contributed by atoms with Gasteiger partial charge in [-0.25, -0.2) is 9.18 Å². The third-order valence-electron chi connectivity index (χ3n) is 2.15. The van der Waals surface area contributed by atoms with E-state index >= 15 is 0 Å². The maximum atomic E-state index is 13.5. The molecule has 7 heteroatoms. The van der Waals surface area contributed by atoms with Crippen molar-refractivity contribution in [2.24, 2.45) is 0 Å². The summed E-state index contributed by atoms with van der Waals surface area (Å²) < 4.78 is 18.5. The quantitative estimate of drug-likeness (QED) is 0.811. The highest BCUT2D eigenvalue weighted by Gasteiger charge is 2.14. The van der Waals surface area contributed by atoms with Crippen LogP contribution in [0.5, 0.6) is 0 Å². The minimum atomic E-state index is -0.606. The molecule has 1 aromatic carbocycles. The van der Waals surface area contributed by atoms with Crippen LogP contribution in [0.3, 0.4) is 0 Å². The molecular weight excluding hydrogens is 319 g/mol. The van der Waals surface area contributed by atoms with E-state index in [-0.39, 0.29) is 25.3 Å². The van der Waals surface area contributed by atoms with Crippen molar-refractivity contribution < 1.29 is 18.7 Å². The third-order valence-corrected chi connectivity index (χ3v) is 2.81. The number of amides is 2. The summed E-state index contributed by atoms with van der Waals surface area (Å²) in [5.41, 5.74) is -0.0568. The van der Waals surface area contributed by atoms with E-state index in [1.165, 1.54) is 12.1 Å². The van der Waals surface area contributed by atoms with Gasteiger partial charge in [0.2, 0.25) is 0 Å². The second-order valence-corrected chi connectivity index (χ2v) is 4.35.